The highest BCUT2D eigenvalue weighted by Crippen LogP contribution is 2.36. The predicted octanol–water partition coefficient (Wildman–Crippen LogP) is 3.35. The summed E-state index contributed by atoms with van der Waals surface area (Å²) in [5.74, 6) is -0.661. The van der Waals surface area contributed by atoms with E-state index in [2.05, 4.69) is 0 Å². The van der Waals surface area contributed by atoms with Gasteiger partial charge in [-0.2, -0.15) is 5.26 Å². The van der Waals surface area contributed by atoms with Crippen molar-refractivity contribution in [2.45, 2.75) is 0 Å². The highest BCUT2D eigenvalue weighted by atomic mass is 35.5. The fourth-order valence-corrected chi connectivity index (χ4v) is 2.00. The fourth-order valence-electron chi connectivity index (χ4n) is 1.75. The summed E-state index contributed by atoms with van der Waals surface area (Å²) in [5.41, 5.74) is 0.218. The van der Waals surface area contributed by atoms with Gasteiger partial charge in [-0.25, -0.2) is 4.79 Å². The van der Waals surface area contributed by atoms with Crippen molar-refractivity contribution < 1.29 is 19.2 Å². The smallest absolute Gasteiger partial charge is 0.343 e. The Morgan fingerprint density at radius 2 is 1.96 bits per heavy atom. The van der Waals surface area contributed by atoms with Crippen molar-refractivity contribution in [1.82, 2.24) is 0 Å². The fraction of sp³-hybridized carbons (Fsp3) is 0.0667. The molecule has 0 atom stereocenters. The minimum absolute atomic E-state index is 0.0310. The Labute approximate surface area is 135 Å². The molecule has 0 aliphatic carbocycles. The van der Waals surface area contributed by atoms with Crippen LogP contribution in [0.15, 0.2) is 36.4 Å². The third-order valence-electron chi connectivity index (χ3n) is 2.87. The number of carbonyl (C=O) groups excluding carboxylic acids is 1. The zero-order chi connectivity index (χ0) is 17.0. The maximum atomic E-state index is 12.1. The molecule has 0 saturated heterocycles. The van der Waals surface area contributed by atoms with Crippen LogP contribution < -0.4 is 9.47 Å². The number of hydrogen-bond acceptors (Lipinski definition) is 6. The molecule has 0 spiro atoms. The molecule has 0 bridgehead atoms. The van der Waals surface area contributed by atoms with Crippen molar-refractivity contribution in [3.8, 4) is 17.6 Å². The molecular weight excluding hydrogens is 324 g/mol. The average Bonchev–Trinajstić information content (AvgIpc) is 2.56. The summed E-state index contributed by atoms with van der Waals surface area (Å²) in [5, 5.41) is 19.5. The monoisotopic (exact) mass is 332 g/mol. The van der Waals surface area contributed by atoms with Gasteiger partial charge < -0.3 is 9.47 Å². The van der Waals surface area contributed by atoms with E-state index in [1.807, 2.05) is 6.07 Å². The summed E-state index contributed by atoms with van der Waals surface area (Å²) in [4.78, 5) is 22.1. The molecule has 2 aromatic carbocycles. The van der Waals surface area contributed by atoms with Crippen molar-refractivity contribution in [3.05, 3.63) is 62.7 Å². The normalized spacial score (nSPS) is 9.78. The third-order valence-corrected chi connectivity index (χ3v) is 3.15. The van der Waals surface area contributed by atoms with E-state index in [0.717, 1.165) is 0 Å². The molecule has 0 saturated carbocycles. The van der Waals surface area contributed by atoms with Crippen LogP contribution in [-0.2, 0) is 0 Å². The van der Waals surface area contributed by atoms with Crippen LogP contribution >= 0.6 is 11.6 Å². The zero-order valence-corrected chi connectivity index (χ0v) is 12.5. The van der Waals surface area contributed by atoms with Crippen LogP contribution in [0.25, 0.3) is 0 Å². The van der Waals surface area contributed by atoms with E-state index in [1.54, 1.807) is 0 Å². The van der Waals surface area contributed by atoms with Crippen LogP contribution in [0.3, 0.4) is 0 Å². The first-order chi connectivity index (χ1) is 11.0. The lowest BCUT2D eigenvalue weighted by Crippen LogP contribution is -2.10. The maximum Gasteiger partial charge on any atom is 0.343 e. The van der Waals surface area contributed by atoms with Crippen molar-refractivity contribution in [3.63, 3.8) is 0 Å². The number of hydrogen-bond donors (Lipinski definition) is 0. The quantitative estimate of drug-likeness (QED) is 0.368. The second-order valence-corrected chi connectivity index (χ2v) is 4.70. The molecule has 116 valence electrons. The van der Waals surface area contributed by atoms with Gasteiger partial charge in [-0.1, -0.05) is 11.6 Å². The number of nitro groups is 1. The molecular formula is C15H9ClN2O5. The number of nitrogens with zero attached hydrogens (tertiary/aromatic N) is 2. The third kappa shape index (κ3) is 3.56. The van der Waals surface area contributed by atoms with Crippen LogP contribution in [0.5, 0.6) is 11.5 Å². The predicted molar refractivity (Wildman–Crippen MR) is 80.8 cm³/mol. The summed E-state index contributed by atoms with van der Waals surface area (Å²) in [6.45, 7) is 0. The number of esters is 1. The van der Waals surface area contributed by atoms with E-state index in [9.17, 15) is 14.9 Å². The second-order valence-electron chi connectivity index (χ2n) is 4.29. The molecule has 0 heterocycles. The van der Waals surface area contributed by atoms with Crippen molar-refractivity contribution in [1.29, 1.82) is 5.26 Å². The average molecular weight is 333 g/mol. The molecule has 0 aromatic heterocycles. The van der Waals surface area contributed by atoms with Gasteiger partial charge in [0.15, 0.2) is 11.5 Å². The molecule has 2 rings (SSSR count). The van der Waals surface area contributed by atoms with Gasteiger partial charge in [0.1, 0.15) is 0 Å². The topological polar surface area (TPSA) is 102 Å². The molecule has 0 N–H and O–H groups in total. The lowest BCUT2D eigenvalue weighted by atomic mass is 10.2. The summed E-state index contributed by atoms with van der Waals surface area (Å²) in [6, 6.07) is 9.53. The number of non-ortho nitro benzene ring substituents is 1. The highest BCUT2D eigenvalue weighted by Gasteiger charge is 2.18. The van der Waals surface area contributed by atoms with Crippen molar-refractivity contribution in [2.75, 3.05) is 7.11 Å². The molecule has 0 aliphatic heterocycles. The molecule has 0 amide bonds. The van der Waals surface area contributed by atoms with Crippen LogP contribution in [-0.4, -0.2) is 18.0 Å². The Kier molecular flexibility index (Phi) is 4.79. The first-order valence-electron chi connectivity index (χ1n) is 6.20. The summed E-state index contributed by atoms with van der Waals surface area (Å²) in [7, 11) is 1.34. The number of methoxy groups -OCH3 is 1. The molecule has 0 aliphatic rings. The van der Waals surface area contributed by atoms with Gasteiger partial charge in [-0.05, 0) is 18.2 Å². The number of benzene rings is 2. The highest BCUT2D eigenvalue weighted by molar-refractivity contribution is 6.32. The van der Waals surface area contributed by atoms with Gasteiger partial charge in [0, 0.05) is 18.2 Å². The molecule has 2 aromatic rings. The van der Waals surface area contributed by atoms with Crippen molar-refractivity contribution >= 4 is 23.3 Å². The van der Waals surface area contributed by atoms with Gasteiger partial charge in [0.2, 0.25) is 0 Å². The minimum Gasteiger partial charge on any atom is -0.493 e. The number of halogens is 1. The second kappa shape index (κ2) is 6.77. The van der Waals surface area contributed by atoms with Crippen LogP contribution in [0.4, 0.5) is 5.69 Å². The summed E-state index contributed by atoms with van der Waals surface area (Å²) < 4.78 is 10.2. The van der Waals surface area contributed by atoms with Gasteiger partial charge in [0.05, 0.1) is 34.3 Å². The number of nitro benzene ring substituents is 1. The molecule has 0 unspecified atom stereocenters. The first-order valence-corrected chi connectivity index (χ1v) is 6.58. The number of carbonyl (C=O) groups is 1. The Bertz CT molecular complexity index is 812. The standard InChI is InChI=1S/C15H9ClN2O5/c1-22-13-7-9(8-17)6-12(16)14(13)23-15(19)10-2-4-11(5-3-10)18(20)21/h2-7H,1H3. The van der Waals surface area contributed by atoms with E-state index in [4.69, 9.17) is 26.3 Å². The van der Waals surface area contributed by atoms with E-state index in [-0.39, 0.29) is 33.3 Å². The van der Waals surface area contributed by atoms with Crippen molar-refractivity contribution in [2.24, 2.45) is 0 Å². The molecule has 0 radical (unpaired) electrons. The Morgan fingerprint density at radius 3 is 2.48 bits per heavy atom. The largest absolute Gasteiger partial charge is 0.493 e. The van der Waals surface area contributed by atoms with E-state index in [0.29, 0.717) is 0 Å². The lowest BCUT2D eigenvalue weighted by Gasteiger charge is -2.11. The SMILES string of the molecule is COc1cc(C#N)cc(Cl)c1OC(=O)c1ccc([N+](=O)[O-])cc1. The zero-order valence-electron chi connectivity index (χ0n) is 11.8. The minimum atomic E-state index is -0.759. The summed E-state index contributed by atoms with van der Waals surface area (Å²) >= 11 is 5.99. The summed E-state index contributed by atoms with van der Waals surface area (Å²) in [6.07, 6.45) is 0. The number of nitriles is 1. The van der Waals surface area contributed by atoms with E-state index < -0.39 is 10.9 Å². The molecule has 0 fully saturated rings. The Hall–Kier alpha value is -3.11. The lowest BCUT2D eigenvalue weighted by molar-refractivity contribution is -0.384. The Morgan fingerprint density at radius 1 is 1.30 bits per heavy atom. The van der Waals surface area contributed by atoms with Crippen LogP contribution in [0.1, 0.15) is 15.9 Å². The maximum absolute atomic E-state index is 12.1. The van der Waals surface area contributed by atoms with E-state index in [1.165, 1.54) is 43.5 Å². The van der Waals surface area contributed by atoms with Gasteiger partial charge in [-0.3, -0.25) is 10.1 Å². The Balaban J connectivity index is 2.30. The number of rotatable bonds is 4. The van der Waals surface area contributed by atoms with Gasteiger partial charge in [-0.15, -0.1) is 0 Å². The number of ether oxygens (including phenoxy) is 2. The first kappa shape index (κ1) is 16.3. The van der Waals surface area contributed by atoms with Gasteiger partial charge in [0.25, 0.3) is 5.69 Å². The van der Waals surface area contributed by atoms with E-state index >= 15 is 0 Å². The molecule has 23 heavy (non-hydrogen) atoms. The van der Waals surface area contributed by atoms with Crippen LogP contribution in [0, 0.1) is 21.4 Å². The molecule has 7 nitrogen and oxygen atoms in total. The van der Waals surface area contributed by atoms with Gasteiger partial charge >= 0.3 is 5.97 Å². The molecule has 8 heteroatoms. The van der Waals surface area contributed by atoms with Crippen LogP contribution in [0.2, 0.25) is 5.02 Å².